The van der Waals surface area contributed by atoms with Crippen molar-refractivity contribution in [2.45, 2.75) is 52.0 Å². The maximum absolute atomic E-state index is 12.6. The van der Waals surface area contributed by atoms with Gasteiger partial charge in [0.05, 0.1) is 15.8 Å². The quantitative estimate of drug-likeness (QED) is 0.613. The van der Waals surface area contributed by atoms with Crippen LogP contribution in [0.5, 0.6) is 0 Å². The summed E-state index contributed by atoms with van der Waals surface area (Å²) in [4.78, 5) is 35.6. The van der Waals surface area contributed by atoms with Crippen molar-refractivity contribution in [3.63, 3.8) is 0 Å². The number of amides is 1. The number of rotatable bonds is 5. The van der Waals surface area contributed by atoms with Gasteiger partial charge in [-0.1, -0.05) is 18.5 Å². The Balaban J connectivity index is 1.45. The Morgan fingerprint density at radius 3 is 3.00 bits per heavy atom. The molecule has 0 aromatic carbocycles. The summed E-state index contributed by atoms with van der Waals surface area (Å²) in [6.45, 7) is 4.18. The Kier molecular flexibility index (Phi) is 5.58. The van der Waals surface area contributed by atoms with Gasteiger partial charge < -0.3 is 10.3 Å². The number of hydrogen-bond donors (Lipinski definition) is 2. The molecule has 0 saturated heterocycles. The number of fused-ring (bicyclic) bond motifs is 3. The monoisotopic (exact) mass is 435 g/mol. The van der Waals surface area contributed by atoms with Crippen LogP contribution in [-0.2, 0) is 24.1 Å². The van der Waals surface area contributed by atoms with E-state index in [2.05, 4.69) is 22.2 Å². The molecule has 3 aromatic heterocycles. The van der Waals surface area contributed by atoms with Crippen LogP contribution < -0.4 is 10.9 Å². The lowest BCUT2D eigenvalue weighted by Crippen LogP contribution is -2.26. The van der Waals surface area contributed by atoms with Crippen LogP contribution in [0.3, 0.4) is 0 Å². The third-order valence-electron chi connectivity index (χ3n) is 5.20. The molecular formula is C20H22ClN3O2S2. The number of hydrogen-bond acceptors (Lipinski definition) is 5. The van der Waals surface area contributed by atoms with E-state index >= 15 is 0 Å². The Hall–Kier alpha value is -1.70. The van der Waals surface area contributed by atoms with E-state index in [1.807, 2.05) is 19.1 Å². The molecule has 8 heteroatoms. The summed E-state index contributed by atoms with van der Waals surface area (Å²) in [7, 11) is 0. The molecule has 0 bridgehead atoms. The van der Waals surface area contributed by atoms with E-state index in [1.165, 1.54) is 21.8 Å². The Morgan fingerprint density at radius 1 is 1.43 bits per heavy atom. The van der Waals surface area contributed by atoms with Gasteiger partial charge in [-0.25, -0.2) is 4.98 Å². The van der Waals surface area contributed by atoms with Gasteiger partial charge in [-0.15, -0.1) is 22.7 Å². The molecule has 3 aromatic rings. The summed E-state index contributed by atoms with van der Waals surface area (Å²) in [5, 5.41) is 3.72. The fourth-order valence-corrected chi connectivity index (χ4v) is 6.16. The van der Waals surface area contributed by atoms with Crippen molar-refractivity contribution in [2.75, 3.05) is 0 Å². The molecule has 1 amide bonds. The Bertz CT molecular complexity index is 1080. The van der Waals surface area contributed by atoms with Crippen LogP contribution in [0.15, 0.2) is 16.9 Å². The van der Waals surface area contributed by atoms with Crippen LogP contribution in [0.1, 0.15) is 53.9 Å². The summed E-state index contributed by atoms with van der Waals surface area (Å²) >= 11 is 9.05. The fraction of sp³-hybridized carbons (Fsp3) is 0.450. The first-order chi connectivity index (χ1) is 13.4. The first-order valence-electron chi connectivity index (χ1n) is 9.48. The van der Waals surface area contributed by atoms with Crippen LogP contribution in [-0.4, -0.2) is 15.9 Å². The van der Waals surface area contributed by atoms with E-state index in [9.17, 15) is 9.59 Å². The van der Waals surface area contributed by atoms with Crippen LogP contribution in [0.2, 0.25) is 4.34 Å². The van der Waals surface area contributed by atoms with Crippen LogP contribution in [0, 0.1) is 5.92 Å². The highest BCUT2D eigenvalue weighted by Gasteiger charge is 2.23. The number of nitrogens with one attached hydrogen (secondary N) is 2. The molecule has 2 unspecified atom stereocenters. The van der Waals surface area contributed by atoms with E-state index in [-0.39, 0.29) is 23.9 Å². The predicted molar refractivity (Wildman–Crippen MR) is 116 cm³/mol. The summed E-state index contributed by atoms with van der Waals surface area (Å²) in [5.41, 5.74) is 1.11. The Morgan fingerprint density at radius 2 is 2.25 bits per heavy atom. The van der Waals surface area contributed by atoms with E-state index in [1.54, 1.807) is 11.3 Å². The molecule has 28 heavy (non-hydrogen) atoms. The van der Waals surface area contributed by atoms with E-state index in [0.29, 0.717) is 22.5 Å². The minimum atomic E-state index is -0.0921. The molecule has 0 saturated carbocycles. The number of aromatic amines is 1. The molecule has 1 aliphatic carbocycles. The maximum Gasteiger partial charge on any atom is 0.259 e. The molecule has 0 spiro atoms. The lowest BCUT2D eigenvalue weighted by atomic mass is 9.89. The molecule has 5 nitrogen and oxygen atoms in total. The molecule has 1 aliphatic rings. The van der Waals surface area contributed by atoms with Crippen molar-refractivity contribution < 1.29 is 4.79 Å². The second-order valence-electron chi connectivity index (χ2n) is 7.48. The number of aryl methyl sites for hydroxylation is 2. The highest BCUT2D eigenvalue weighted by molar-refractivity contribution is 7.18. The standard InChI is InChI=1S/C20H22ClN3O2S2/c1-10-3-4-12-14(9-10)28-20-18(12)19(26)23-16(24-20)7-8-17(25)22-11(2)13-5-6-15(21)27-13/h5-6,10-11H,3-4,7-9H2,1-2H3,(H,22,25)(H,23,24,26). The SMILES string of the molecule is CC1CCc2c(sc3nc(CCC(=O)NC(C)c4ccc(Cl)s4)[nH]c(=O)c23)C1. The smallest absolute Gasteiger partial charge is 0.259 e. The summed E-state index contributed by atoms with van der Waals surface area (Å²) in [6, 6.07) is 3.66. The molecule has 0 aliphatic heterocycles. The lowest BCUT2D eigenvalue weighted by Gasteiger charge is -2.17. The molecule has 4 rings (SSSR count). The first-order valence-corrected chi connectivity index (χ1v) is 11.5. The maximum atomic E-state index is 12.6. The van der Waals surface area contributed by atoms with Gasteiger partial charge in [0.25, 0.3) is 5.56 Å². The van der Waals surface area contributed by atoms with E-state index in [4.69, 9.17) is 11.6 Å². The van der Waals surface area contributed by atoms with Crippen molar-refractivity contribution in [3.8, 4) is 0 Å². The van der Waals surface area contributed by atoms with Crippen molar-refractivity contribution in [2.24, 2.45) is 5.92 Å². The van der Waals surface area contributed by atoms with Crippen molar-refractivity contribution in [1.29, 1.82) is 0 Å². The van der Waals surface area contributed by atoms with Crippen LogP contribution in [0.25, 0.3) is 10.2 Å². The third-order valence-corrected chi connectivity index (χ3v) is 7.76. The first kappa shape index (κ1) is 19.6. The normalized spacial score (nSPS) is 17.5. The molecule has 2 atom stereocenters. The number of carbonyl (C=O) groups excluding carboxylic acids is 1. The summed E-state index contributed by atoms with van der Waals surface area (Å²) in [6.07, 6.45) is 3.79. The van der Waals surface area contributed by atoms with Gasteiger partial charge in [-0.2, -0.15) is 0 Å². The number of H-pyrrole nitrogens is 1. The zero-order valence-electron chi connectivity index (χ0n) is 15.8. The van der Waals surface area contributed by atoms with E-state index < -0.39 is 0 Å². The largest absolute Gasteiger partial charge is 0.349 e. The van der Waals surface area contributed by atoms with Crippen LogP contribution in [0.4, 0.5) is 0 Å². The average molecular weight is 436 g/mol. The van der Waals surface area contributed by atoms with Gasteiger partial charge in [0, 0.05) is 22.6 Å². The summed E-state index contributed by atoms with van der Waals surface area (Å²) in [5.74, 6) is 1.16. The Labute approximate surface area is 176 Å². The predicted octanol–water partition coefficient (Wildman–Crippen LogP) is 4.63. The zero-order chi connectivity index (χ0) is 19.8. The minimum Gasteiger partial charge on any atom is -0.349 e. The molecule has 0 fully saturated rings. The zero-order valence-corrected chi connectivity index (χ0v) is 18.2. The van der Waals surface area contributed by atoms with Crippen molar-refractivity contribution in [1.82, 2.24) is 15.3 Å². The summed E-state index contributed by atoms with van der Waals surface area (Å²) < 4.78 is 0.708. The fourth-order valence-electron chi connectivity index (χ4n) is 3.69. The second-order valence-corrected chi connectivity index (χ2v) is 10.3. The average Bonchev–Trinajstić information content (AvgIpc) is 3.23. The molecule has 148 valence electrons. The highest BCUT2D eigenvalue weighted by Crippen LogP contribution is 2.35. The topological polar surface area (TPSA) is 74.8 Å². The van der Waals surface area contributed by atoms with Crippen LogP contribution >= 0.6 is 34.3 Å². The number of carbonyl (C=O) groups is 1. The van der Waals surface area contributed by atoms with Crippen molar-refractivity contribution >= 4 is 50.4 Å². The lowest BCUT2D eigenvalue weighted by molar-refractivity contribution is -0.121. The molecule has 2 N–H and O–H groups in total. The number of nitrogens with zero attached hydrogens (tertiary/aromatic N) is 1. The third kappa shape index (κ3) is 4.02. The number of halogens is 1. The van der Waals surface area contributed by atoms with Gasteiger partial charge >= 0.3 is 0 Å². The minimum absolute atomic E-state index is 0.0703. The second kappa shape index (κ2) is 7.97. The highest BCUT2D eigenvalue weighted by atomic mass is 35.5. The van der Waals surface area contributed by atoms with Gasteiger partial charge in [-0.05, 0) is 49.8 Å². The van der Waals surface area contributed by atoms with Gasteiger partial charge in [0.1, 0.15) is 10.7 Å². The molecule has 0 radical (unpaired) electrons. The number of aromatic nitrogens is 2. The van der Waals surface area contributed by atoms with Gasteiger partial charge in [-0.3, -0.25) is 9.59 Å². The number of thiophene rings is 2. The molecule has 3 heterocycles. The molecular weight excluding hydrogens is 414 g/mol. The van der Waals surface area contributed by atoms with Gasteiger partial charge in [0.15, 0.2) is 0 Å². The van der Waals surface area contributed by atoms with Crippen molar-refractivity contribution in [3.05, 3.63) is 48.0 Å². The van der Waals surface area contributed by atoms with Gasteiger partial charge in [0.2, 0.25) is 5.91 Å². The van der Waals surface area contributed by atoms with E-state index in [0.717, 1.165) is 34.4 Å².